The molecule has 0 spiro atoms. The molecule has 0 heterocycles. The van der Waals surface area contributed by atoms with Gasteiger partial charge in [0.15, 0.2) is 0 Å². The van der Waals surface area contributed by atoms with Crippen molar-refractivity contribution in [2.75, 3.05) is 0 Å². The van der Waals surface area contributed by atoms with E-state index in [0.29, 0.717) is 6.42 Å². The summed E-state index contributed by atoms with van der Waals surface area (Å²) in [6, 6.07) is 6.64. The number of hydrogen-bond acceptors (Lipinski definition) is 5. The van der Waals surface area contributed by atoms with Crippen LogP contribution in [0.15, 0.2) is 30.3 Å². The quantitative estimate of drug-likeness (QED) is 0.527. The lowest BCUT2D eigenvalue weighted by atomic mass is 10.0. The Morgan fingerprint density at radius 3 is 2.19 bits per heavy atom. The van der Waals surface area contributed by atoms with Gasteiger partial charge in [-0.15, -0.1) is 0 Å². The summed E-state index contributed by atoms with van der Waals surface area (Å²) in [6.07, 6.45) is -0.168. The number of carboxylic acids is 1. The number of carbonyl (C=O) groups is 4. The Bertz CT molecular complexity index is 659. The smallest absolute Gasteiger partial charge is 0.326 e. The molecule has 0 aliphatic heterocycles. The molecule has 1 aromatic rings. The third-order valence-electron chi connectivity index (χ3n) is 3.63. The summed E-state index contributed by atoms with van der Waals surface area (Å²) in [4.78, 5) is 47.0. The Morgan fingerprint density at radius 2 is 1.67 bits per heavy atom. The van der Waals surface area contributed by atoms with E-state index in [1.54, 1.807) is 24.3 Å². The number of carbonyl (C=O) groups excluding carboxylic acids is 3. The minimum atomic E-state index is -1.44. The highest BCUT2D eigenvalue weighted by Crippen LogP contribution is 2.07. The normalized spacial score (nSPS) is 12.7. The van der Waals surface area contributed by atoms with Gasteiger partial charge in [-0.3, -0.25) is 14.4 Å². The zero-order chi connectivity index (χ0) is 20.4. The number of rotatable bonds is 10. The van der Waals surface area contributed by atoms with E-state index < -0.39 is 42.3 Å². The van der Waals surface area contributed by atoms with Gasteiger partial charge in [0.1, 0.15) is 18.7 Å². The number of ether oxygens (including phenoxy) is 1. The maximum atomic E-state index is 12.3. The van der Waals surface area contributed by atoms with Gasteiger partial charge in [0, 0.05) is 6.92 Å². The van der Waals surface area contributed by atoms with Crippen LogP contribution in [0.25, 0.3) is 0 Å². The van der Waals surface area contributed by atoms with Crippen molar-refractivity contribution in [3.63, 3.8) is 0 Å². The Morgan fingerprint density at radius 1 is 1.04 bits per heavy atom. The first-order chi connectivity index (χ1) is 12.7. The predicted octanol–water partition coefficient (Wildman–Crippen LogP) is 1.24. The highest BCUT2D eigenvalue weighted by atomic mass is 16.5. The number of aliphatic carboxylic acids is 1. The van der Waals surface area contributed by atoms with Crippen LogP contribution >= 0.6 is 0 Å². The van der Waals surface area contributed by atoms with E-state index in [1.165, 1.54) is 6.92 Å². The van der Waals surface area contributed by atoms with Crippen molar-refractivity contribution in [3.8, 4) is 0 Å². The van der Waals surface area contributed by atoms with Crippen molar-refractivity contribution < 1.29 is 29.0 Å². The van der Waals surface area contributed by atoms with E-state index in [2.05, 4.69) is 10.6 Å². The summed E-state index contributed by atoms with van der Waals surface area (Å²) in [6.45, 7) is 5.04. The van der Waals surface area contributed by atoms with Gasteiger partial charge in [0.25, 0.3) is 0 Å². The molecule has 8 nitrogen and oxygen atoms in total. The van der Waals surface area contributed by atoms with Crippen LogP contribution < -0.4 is 10.6 Å². The van der Waals surface area contributed by atoms with Crippen LogP contribution in [-0.2, 0) is 30.5 Å². The SMILES string of the molecule is CC(=O)N[C@@H](CC(C)C)C(=O)N[C@@H](CC(=O)OCc1ccccc1)C(=O)O. The lowest BCUT2D eigenvalue weighted by Gasteiger charge is -2.22. The Balaban J connectivity index is 2.65. The fraction of sp³-hybridized carbons (Fsp3) is 0.474. The highest BCUT2D eigenvalue weighted by molar-refractivity contribution is 5.91. The predicted molar refractivity (Wildman–Crippen MR) is 97.5 cm³/mol. The second-order valence-electron chi connectivity index (χ2n) is 6.63. The van der Waals surface area contributed by atoms with Crippen LogP contribution in [0.1, 0.15) is 39.2 Å². The summed E-state index contributed by atoms with van der Waals surface area (Å²) in [5, 5.41) is 14.1. The highest BCUT2D eigenvalue weighted by Gasteiger charge is 2.28. The van der Waals surface area contributed by atoms with E-state index in [-0.39, 0.29) is 12.5 Å². The van der Waals surface area contributed by atoms with Crippen LogP contribution in [0.4, 0.5) is 0 Å². The molecule has 0 radical (unpaired) electrons. The molecule has 0 aromatic heterocycles. The minimum absolute atomic E-state index is 0.0157. The summed E-state index contributed by atoms with van der Waals surface area (Å²) in [5.41, 5.74) is 0.768. The molecule has 148 valence electrons. The first-order valence-electron chi connectivity index (χ1n) is 8.68. The van der Waals surface area contributed by atoms with Crippen molar-refractivity contribution >= 4 is 23.8 Å². The summed E-state index contributed by atoms with van der Waals surface area (Å²) in [5.74, 6) is -3.04. The molecular formula is C19H26N2O6. The average Bonchev–Trinajstić information content (AvgIpc) is 2.58. The van der Waals surface area contributed by atoms with Gasteiger partial charge in [0.2, 0.25) is 11.8 Å². The summed E-state index contributed by atoms with van der Waals surface area (Å²) in [7, 11) is 0. The number of nitrogens with one attached hydrogen (secondary N) is 2. The molecule has 3 N–H and O–H groups in total. The largest absolute Gasteiger partial charge is 0.480 e. The van der Waals surface area contributed by atoms with Crippen molar-refractivity contribution in [1.82, 2.24) is 10.6 Å². The van der Waals surface area contributed by atoms with E-state index in [1.807, 2.05) is 19.9 Å². The van der Waals surface area contributed by atoms with E-state index in [0.717, 1.165) is 5.56 Å². The molecule has 1 rings (SSSR count). The van der Waals surface area contributed by atoms with Crippen molar-refractivity contribution in [1.29, 1.82) is 0 Å². The topological polar surface area (TPSA) is 122 Å². The monoisotopic (exact) mass is 378 g/mol. The zero-order valence-electron chi connectivity index (χ0n) is 15.7. The number of amides is 2. The molecule has 2 atom stereocenters. The molecular weight excluding hydrogens is 352 g/mol. The molecule has 0 fully saturated rings. The van der Waals surface area contributed by atoms with Crippen molar-refractivity contribution in [3.05, 3.63) is 35.9 Å². The maximum Gasteiger partial charge on any atom is 0.326 e. The molecule has 2 amide bonds. The van der Waals surface area contributed by atoms with Gasteiger partial charge < -0.3 is 20.5 Å². The third kappa shape index (κ3) is 8.84. The molecule has 0 saturated heterocycles. The van der Waals surface area contributed by atoms with Crippen LogP contribution in [0.5, 0.6) is 0 Å². The second-order valence-corrected chi connectivity index (χ2v) is 6.63. The molecule has 8 heteroatoms. The number of benzene rings is 1. The van der Waals surface area contributed by atoms with Crippen molar-refractivity contribution in [2.24, 2.45) is 5.92 Å². The second kappa shape index (κ2) is 10.9. The number of hydrogen-bond donors (Lipinski definition) is 3. The fourth-order valence-electron chi connectivity index (χ4n) is 2.38. The molecule has 1 aromatic carbocycles. The molecule has 0 aliphatic carbocycles. The Labute approximate surface area is 158 Å². The van der Waals surface area contributed by atoms with Gasteiger partial charge in [-0.1, -0.05) is 44.2 Å². The molecule has 0 bridgehead atoms. The van der Waals surface area contributed by atoms with Gasteiger partial charge >= 0.3 is 11.9 Å². The lowest BCUT2D eigenvalue weighted by molar-refractivity contribution is -0.151. The molecule has 0 saturated carbocycles. The molecule has 27 heavy (non-hydrogen) atoms. The third-order valence-corrected chi connectivity index (χ3v) is 3.63. The number of esters is 1. The lowest BCUT2D eigenvalue weighted by Crippen LogP contribution is -2.52. The van der Waals surface area contributed by atoms with Crippen LogP contribution in [0.2, 0.25) is 0 Å². The zero-order valence-corrected chi connectivity index (χ0v) is 15.7. The summed E-state index contributed by atoms with van der Waals surface area (Å²) >= 11 is 0. The number of carboxylic acid groups (broad SMARTS) is 1. The Hall–Kier alpha value is -2.90. The van der Waals surface area contributed by atoms with Crippen LogP contribution in [-0.4, -0.2) is 40.9 Å². The van der Waals surface area contributed by atoms with E-state index >= 15 is 0 Å². The average molecular weight is 378 g/mol. The van der Waals surface area contributed by atoms with Crippen LogP contribution in [0.3, 0.4) is 0 Å². The van der Waals surface area contributed by atoms with Gasteiger partial charge in [0.05, 0.1) is 6.42 Å². The fourth-order valence-corrected chi connectivity index (χ4v) is 2.38. The first-order valence-corrected chi connectivity index (χ1v) is 8.68. The van der Waals surface area contributed by atoms with E-state index in [9.17, 15) is 24.3 Å². The Kier molecular flexibility index (Phi) is 8.98. The van der Waals surface area contributed by atoms with E-state index in [4.69, 9.17) is 4.74 Å². The van der Waals surface area contributed by atoms with Crippen LogP contribution in [0, 0.1) is 5.92 Å². The summed E-state index contributed by atoms with van der Waals surface area (Å²) < 4.78 is 5.06. The first kappa shape index (κ1) is 22.1. The maximum absolute atomic E-state index is 12.3. The van der Waals surface area contributed by atoms with Gasteiger partial charge in [-0.2, -0.15) is 0 Å². The molecule has 0 aliphatic rings. The minimum Gasteiger partial charge on any atom is -0.480 e. The van der Waals surface area contributed by atoms with Gasteiger partial charge in [-0.25, -0.2) is 4.79 Å². The van der Waals surface area contributed by atoms with Crippen molar-refractivity contribution in [2.45, 2.75) is 52.3 Å². The standard InChI is InChI=1S/C19H26N2O6/c1-12(2)9-15(20-13(3)22)18(24)21-16(19(25)26)10-17(23)27-11-14-7-5-4-6-8-14/h4-8,12,15-16H,9-11H2,1-3H3,(H,20,22)(H,21,24)(H,25,26)/t15-,16-/m0/s1. The van der Waals surface area contributed by atoms with Gasteiger partial charge in [-0.05, 0) is 17.9 Å². The molecule has 0 unspecified atom stereocenters.